The number of anilines is 3. The molecule has 0 aliphatic carbocycles. The van der Waals surface area contributed by atoms with E-state index in [9.17, 15) is 4.39 Å². The topological polar surface area (TPSA) is 114 Å². The fraction of sp³-hybridized carbons (Fsp3) is 0. The number of hydrogen-bond acceptors (Lipinski definition) is 9. The molecule has 0 bridgehead atoms. The Morgan fingerprint density at radius 3 is 2.42 bits per heavy atom. The minimum absolute atomic E-state index is 0.0426. The number of fused-ring (bicyclic) bond motifs is 1. The van der Waals surface area contributed by atoms with Gasteiger partial charge in [-0.1, -0.05) is 23.2 Å². The van der Waals surface area contributed by atoms with Gasteiger partial charge in [-0.05, 0) is 64.9 Å². The number of aromatic nitrogens is 4. The molecule has 0 atom stereocenters. The number of rotatable bonds is 6. The quantitative estimate of drug-likeness (QED) is 0.226. The van der Waals surface area contributed by atoms with E-state index in [-0.39, 0.29) is 28.0 Å². The molecule has 0 spiro atoms. The monoisotopic (exact) mass is 483 g/mol. The van der Waals surface area contributed by atoms with E-state index >= 15 is 0 Å². The van der Waals surface area contributed by atoms with Crippen LogP contribution in [-0.4, -0.2) is 26.5 Å². The summed E-state index contributed by atoms with van der Waals surface area (Å²) >= 11 is 11.8. The summed E-state index contributed by atoms with van der Waals surface area (Å²) in [6, 6.07) is 15.0. The summed E-state index contributed by atoms with van der Waals surface area (Å²) in [5.41, 5.74) is 4.51. The van der Waals surface area contributed by atoms with E-state index in [1.807, 2.05) is 18.2 Å². The lowest BCUT2D eigenvalue weighted by molar-refractivity contribution is 0.314. The fourth-order valence-corrected chi connectivity index (χ4v) is 3.17. The molecule has 164 valence electrons. The lowest BCUT2D eigenvalue weighted by Gasteiger charge is -2.09. The second-order valence-electron chi connectivity index (χ2n) is 6.67. The smallest absolute Gasteiger partial charge is 0.245 e. The molecule has 0 unspecified atom stereocenters. The molecule has 0 saturated heterocycles. The first kappa shape index (κ1) is 20.9. The fourth-order valence-electron chi connectivity index (χ4n) is 2.86. The van der Waals surface area contributed by atoms with Crippen molar-refractivity contribution >= 4 is 58.0 Å². The Balaban J connectivity index is 1.38. The van der Waals surface area contributed by atoms with Crippen molar-refractivity contribution in [1.29, 1.82) is 0 Å². The van der Waals surface area contributed by atoms with Gasteiger partial charge in [-0.15, -0.1) is 0 Å². The second kappa shape index (κ2) is 8.85. The maximum Gasteiger partial charge on any atom is 0.245 e. The first-order valence-electron chi connectivity index (χ1n) is 9.42. The van der Waals surface area contributed by atoms with E-state index in [2.05, 4.69) is 40.8 Å². The Morgan fingerprint density at radius 2 is 1.67 bits per heavy atom. The minimum Gasteiger partial charge on any atom is -0.455 e. The molecule has 0 amide bonds. The van der Waals surface area contributed by atoms with Gasteiger partial charge < -0.3 is 9.73 Å². The van der Waals surface area contributed by atoms with Gasteiger partial charge >= 0.3 is 0 Å². The molecule has 0 fully saturated rings. The molecule has 2 aromatic carbocycles. The highest BCUT2D eigenvalue weighted by atomic mass is 35.5. The van der Waals surface area contributed by atoms with Crippen LogP contribution in [0.4, 0.5) is 21.7 Å². The van der Waals surface area contributed by atoms with Crippen molar-refractivity contribution in [1.82, 2.24) is 20.3 Å². The number of nitrogens with zero attached hydrogens (tertiary/aromatic N) is 5. The van der Waals surface area contributed by atoms with Gasteiger partial charge in [0.2, 0.25) is 11.3 Å². The molecular formula is C21H12Cl2FN7O2. The van der Waals surface area contributed by atoms with Crippen LogP contribution < -0.4 is 10.7 Å². The normalized spacial score (nSPS) is 11.4. The van der Waals surface area contributed by atoms with Crippen molar-refractivity contribution in [2.24, 2.45) is 5.10 Å². The van der Waals surface area contributed by atoms with Crippen molar-refractivity contribution in [3.05, 3.63) is 76.2 Å². The zero-order valence-corrected chi connectivity index (χ0v) is 18.0. The molecular weight excluding hydrogens is 472 g/mol. The van der Waals surface area contributed by atoms with Gasteiger partial charge in [0.25, 0.3) is 0 Å². The number of hydrazone groups is 1. The average molecular weight is 484 g/mol. The van der Waals surface area contributed by atoms with Crippen LogP contribution in [0, 0.1) is 5.82 Å². The molecule has 12 heteroatoms. The van der Waals surface area contributed by atoms with Gasteiger partial charge in [0.15, 0.2) is 11.6 Å². The Bertz CT molecular complexity index is 1470. The Hall–Kier alpha value is -4.02. The number of hydrogen-bond donors (Lipinski definition) is 2. The van der Waals surface area contributed by atoms with E-state index in [0.717, 1.165) is 5.56 Å². The molecule has 3 aromatic heterocycles. The van der Waals surface area contributed by atoms with Gasteiger partial charge in [0.1, 0.15) is 17.3 Å². The van der Waals surface area contributed by atoms with E-state index in [1.54, 1.807) is 18.2 Å². The first-order valence-corrected chi connectivity index (χ1v) is 10.2. The lowest BCUT2D eigenvalue weighted by atomic mass is 10.2. The average Bonchev–Trinajstić information content (AvgIpc) is 3.46. The zero-order chi connectivity index (χ0) is 22.8. The number of halogens is 3. The summed E-state index contributed by atoms with van der Waals surface area (Å²) in [5.74, 6) is 1.10. The van der Waals surface area contributed by atoms with E-state index in [0.29, 0.717) is 22.2 Å². The van der Waals surface area contributed by atoms with Crippen LogP contribution in [0.2, 0.25) is 10.0 Å². The molecule has 3 heterocycles. The van der Waals surface area contributed by atoms with Gasteiger partial charge in [-0.3, -0.25) is 5.43 Å². The third-order valence-corrected chi connectivity index (χ3v) is 4.96. The van der Waals surface area contributed by atoms with Crippen LogP contribution in [0.15, 0.2) is 68.7 Å². The highest BCUT2D eigenvalue weighted by molar-refractivity contribution is 6.31. The molecule has 0 saturated carbocycles. The van der Waals surface area contributed by atoms with Crippen LogP contribution in [0.5, 0.6) is 0 Å². The van der Waals surface area contributed by atoms with Crippen molar-refractivity contribution in [2.75, 3.05) is 10.7 Å². The zero-order valence-electron chi connectivity index (χ0n) is 16.5. The third kappa shape index (κ3) is 4.61. The van der Waals surface area contributed by atoms with Crippen LogP contribution in [0.3, 0.4) is 0 Å². The summed E-state index contributed by atoms with van der Waals surface area (Å²) in [6.45, 7) is 0. The maximum atomic E-state index is 13.5. The number of furan rings is 1. The largest absolute Gasteiger partial charge is 0.455 e. The molecule has 0 aliphatic heterocycles. The Morgan fingerprint density at radius 1 is 0.909 bits per heavy atom. The molecule has 33 heavy (non-hydrogen) atoms. The van der Waals surface area contributed by atoms with Crippen molar-refractivity contribution in [3.8, 4) is 11.3 Å². The van der Waals surface area contributed by atoms with Crippen LogP contribution in [-0.2, 0) is 0 Å². The maximum absolute atomic E-state index is 13.5. The standard InChI is InChI=1S/C21H12Cl2FN7O2/c22-12-3-1-11(2-4-12)17-8-6-14(32-17)10-25-29-19-18(27-20-21(28-19)31-33-30-20)26-13-5-7-16(24)15(23)9-13/h1-10H,(H,26,27,30)(H,28,29,31). The molecule has 5 aromatic rings. The predicted molar refractivity (Wildman–Crippen MR) is 122 cm³/mol. The predicted octanol–water partition coefficient (Wildman–Crippen LogP) is 5.91. The van der Waals surface area contributed by atoms with E-state index in [4.69, 9.17) is 27.6 Å². The SMILES string of the molecule is Fc1ccc(Nc2nc3nonc3nc2NN=Cc2ccc(-c3ccc(Cl)cc3)o2)cc1Cl. The van der Waals surface area contributed by atoms with Crippen LogP contribution in [0.25, 0.3) is 22.6 Å². The molecule has 2 N–H and O–H groups in total. The highest BCUT2D eigenvalue weighted by Crippen LogP contribution is 2.27. The van der Waals surface area contributed by atoms with Crippen molar-refractivity contribution in [2.45, 2.75) is 0 Å². The van der Waals surface area contributed by atoms with E-state index in [1.165, 1.54) is 24.4 Å². The summed E-state index contributed by atoms with van der Waals surface area (Å²) in [7, 11) is 0. The molecule has 0 radical (unpaired) electrons. The van der Waals surface area contributed by atoms with Gasteiger partial charge in [-0.25, -0.2) is 14.0 Å². The summed E-state index contributed by atoms with van der Waals surface area (Å²) < 4.78 is 23.9. The number of nitrogens with one attached hydrogen (secondary N) is 2. The Labute approximate surface area is 195 Å². The van der Waals surface area contributed by atoms with Gasteiger partial charge in [0, 0.05) is 16.3 Å². The van der Waals surface area contributed by atoms with Crippen molar-refractivity contribution in [3.63, 3.8) is 0 Å². The van der Waals surface area contributed by atoms with Crippen molar-refractivity contribution < 1.29 is 13.4 Å². The summed E-state index contributed by atoms with van der Waals surface area (Å²) in [6.07, 6.45) is 1.48. The first-order chi connectivity index (χ1) is 16.0. The molecule has 0 aliphatic rings. The van der Waals surface area contributed by atoms with Crippen LogP contribution in [0.1, 0.15) is 5.76 Å². The van der Waals surface area contributed by atoms with Gasteiger partial charge in [0.05, 0.1) is 11.2 Å². The molecule has 5 rings (SSSR count). The molecule has 9 nitrogen and oxygen atoms in total. The Kier molecular flexibility index (Phi) is 5.59. The van der Waals surface area contributed by atoms with Gasteiger partial charge in [-0.2, -0.15) is 10.1 Å². The summed E-state index contributed by atoms with van der Waals surface area (Å²) in [4.78, 5) is 8.61. The van der Waals surface area contributed by atoms with Crippen LogP contribution >= 0.6 is 23.2 Å². The minimum atomic E-state index is -0.538. The lowest BCUT2D eigenvalue weighted by Crippen LogP contribution is -2.03. The highest BCUT2D eigenvalue weighted by Gasteiger charge is 2.13. The second-order valence-corrected chi connectivity index (χ2v) is 7.51. The summed E-state index contributed by atoms with van der Waals surface area (Å²) in [5, 5.41) is 15.1. The van der Waals surface area contributed by atoms with E-state index < -0.39 is 5.82 Å². The third-order valence-electron chi connectivity index (χ3n) is 4.41. The number of benzene rings is 2.